The summed E-state index contributed by atoms with van der Waals surface area (Å²) >= 11 is 1.50. The van der Waals surface area contributed by atoms with E-state index in [4.69, 9.17) is 0 Å². The molecule has 4 nitrogen and oxygen atoms in total. The Kier molecular flexibility index (Phi) is 3.19. The van der Waals surface area contributed by atoms with E-state index in [9.17, 15) is 4.79 Å². The lowest BCUT2D eigenvalue weighted by molar-refractivity contribution is -0.119. The van der Waals surface area contributed by atoms with Gasteiger partial charge >= 0.3 is 0 Å². The maximum absolute atomic E-state index is 11.4. The van der Waals surface area contributed by atoms with E-state index < -0.39 is 0 Å². The monoisotopic (exact) mass is 201 g/mol. The Bertz CT molecular complexity index is 238. The lowest BCUT2D eigenvalue weighted by Gasteiger charge is -2.08. The van der Waals surface area contributed by atoms with Gasteiger partial charge in [-0.15, -0.1) is 0 Å². The van der Waals surface area contributed by atoms with Crippen molar-refractivity contribution in [2.45, 2.75) is 19.1 Å². The molecule has 1 rings (SSSR count). The van der Waals surface area contributed by atoms with Gasteiger partial charge in [0.2, 0.25) is 5.91 Å². The van der Waals surface area contributed by atoms with E-state index in [1.807, 2.05) is 27.9 Å². The fourth-order valence-electron chi connectivity index (χ4n) is 1.05. The summed E-state index contributed by atoms with van der Waals surface area (Å²) in [6, 6.07) is 0. The van der Waals surface area contributed by atoms with Gasteiger partial charge in [0.15, 0.2) is 5.17 Å². The van der Waals surface area contributed by atoms with E-state index in [1.165, 1.54) is 11.8 Å². The summed E-state index contributed by atoms with van der Waals surface area (Å²) in [4.78, 5) is 11.4. The number of amides is 1. The van der Waals surface area contributed by atoms with Gasteiger partial charge in [-0.05, 0) is 5.92 Å². The number of nitrogens with one attached hydrogen (secondary N) is 1. The van der Waals surface area contributed by atoms with Gasteiger partial charge in [0, 0.05) is 14.1 Å². The van der Waals surface area contributed by atoms with E-state index in [0.717, 1.165) is 0 Å². The maximum atomic E-state index is 11.4. The highest BCUT2D eigenvalue weighted by molar-refractivity contribution is 8.15. The molecular weight excluding hydrogens is 186 g/mol. The summed E-state index contributed by atoms with van der Waals surface area (Å²) in [5, 5.41) is 9.29. The SMILES string of the molecule is CC(C)C1S/C(=N\N(C)C)NC1=O. The third kappa shape index (κ3) is 2.62. The Balaban J connectivity index is 2.65. The minimum atomic E-state index is 0.0127. The standard InChI is InChI=1S/C8H15N3OS/c1-5(2)6-7(12)9-8(13-6)10-11(3)4/h5-6H,1-4H3,(H,9,10,12). The third-order valence-corrected chi connectivity index (χ3v) is 3.04. The van der Waals surface area contributed by atoms with Crippen molar-refractivity contribution in [2.75, 3.05) is 14.1 Å². The highest BCUT2D eigenvalue weighted by Crippen LogP contribution is 2.25. The number of carbonyl (C=O) groups excluding carboxylic acids is 1. The number of amidine groups is 1. The molecule has 1 saturated heterocycles. The molecule has 74 valence electrons. The van der Waals surface area contributed by atoms with E-state index in [1.54, 1.807) is 5.01 Å². The lowest BCUT2D eigenvalue weighted by atomic mass is 10.1. The van der Waals surface area contributed by atoms with Gasteiger partial charge in [-0.3, -0.25) is 4.79 Å². The van der Waals surface area contributed by atoms with Gasteiger partial charge in [-0.25, -0.2) is 0 Å². The van der Waals surface area contributed by atoms with Crippen molar-refractivity contribution >= 4 is 22.8 Å². The molecule has 0 aromatic carbocycles. The van der Waals surface area contributed by atoms with E-state index in [0.29, 0.717) is 11.1 Å². The summed E-state index contributed by atoms with van der Waals surface area (Å²) in [7, 11) is 3.67. The first-order valence-electron chi connectivity index (χ1n) is 4.24. The maximum Gasteiger partial charge on any atom is 0.239 e. The molecule has 13 heavy (non-hydrogen) atoms. The van der Waals surface area contributed by atoms with Crippen molar-refractivity contribution < 1.29 is 4.79 Å². The molecule has 0 aliphatic carbocycles. The Morgan fingerprint density at radius 2 is 2.15 bits per heavy atom. The Hall–Kier alpha value is -0.710. The molecule has 1 heterocycles. The molecule has 1 unspecified atom stereocenters. The van der Waals surface area contributed by atoms with Gasteiger partial charge in [0.05, 0.1) is 5.25 Å². The second-order valence-electron chi connectivity index (χ2n) is 3.52. The smallest absolute Gasteiger partial charge is 0.239 e. The molecule has 1 fully saturated rings. The number of thioether (sulfide) groups is 1. The van der Waals surface area contributed by atoms with Gasteiger partial charge in [0.1, 0.15) is 0 Å². The van der Waals surface area contributed by atoms with Crippen LogP contribution in [0.4, 0.5) is 0 Å². The van der Waals surface area contributed by atoms with E-state index in [-0.39, 0.29) is 11.2 Å². The second kappa shape index (κ2) is 4.00. The van der Waals surface area contributed by atoms with Crippen LogP contribution in [-0.2, 0) is 4.79 Å². The molecule has 1 aliphatic heterocycles. The Morgan fingerprint density at radius 1 is 1.54 bits per heavy atom. The average molecular weight is 201 g/mol. The van der Waals surface area contributed by atoms with E-state index >= 15 is 0 Å². The minimum absolute atomic E-state index is 0.0127. The second-order valence-corrected chi connectivity index (χ2v) is 4.65. The molecule has 0 saturated carbocycles. The van der Waals surface area contributed by atoms with Crippen LogP contribution in [0.25, 0.3) is 0 Å². The van der Waals surface area contributed by atoms with Crippen molar-refractivity contribution in [1.29, 1.82) is 0 Å². The zero-order valence-corrected chi connectivity index (χ0v) is 9.18. The predicted octanol–water partition coefficient (Wildman–Crippen LogP) is 0.707. The molecule has 5 heteroatoms. The zero-order valence-electron chi connectivity index (χ0n) is 8.37. The molecular formula is C8H15N3OS. The van der Waals surface area contributed by atoms with Crippen LogP contribution in [0, 0.1) is 5.92 Å². The molecule has 0 radical (unpaired) electrons. The number of nitrogens with zero attached hydrogens (tertiary/aromatic N) is 2. The number of hydrazone groups is 1. The number of hydrogen-bond acceptors (Lipinski definition) is 4. The molecule has 1 N–H and O–H groups in total. The first-order valence-corrected chi connectivity index (χ1v) is 5.12. The van der Waals surface area contributed by atoms with Crippen molar-refractivity contribution in [3.8, 4) is 0 Å². The van der Waals surface area contributed by atoms with Gasteiger partial charge in [0.25, 0.3) is 0 Å². The fourth-order valence-corrected chi connectivity index (χ4v) is 2.10. The fraction of sp³-hybridized carbons (Fsp3) is 0.750. The zero-order chi connectivity index (χ0) is 10.0. The van der Waals surface area contributed by atoms with Crippen LogP contribution in [-0.4, -0.2) is 35.4 Å². The first-order chi connectivity index (χ1) is 6.00. The minimum Gasteiger partial charge on any atom is -0.303 e. The van der Waals surface area contributed by atoms with Gasteiger partial charge in [-0.1, -0.05) is 25.6 Å². The van der Waals surface area contributed by atoms with Crippen LogP contribution in [0.5, 0.6) is 0 Å². The van der Waals surface area contributed by atoms with Crippen molar-refractivity contribution in [1.82, 2.24) is 10.3 Å². The lowest BCUT2D eigenvalue weighted by Crippen LogP contribution is -2.28. The van der Waals surface area contributed by atoms with Crippen LogP contribution >= 0.6 is 11.8 Å². The van der Waals surface area contributed by atoms with Crippen molar-refractivity contribution in [3.05, 3.63) is 0 Å². The molecule has 0 aromatic rings. The Morgan fingerprint density at radius 3 is 2.54 bits per heavy atom. The van der Waals surface area contributed by atoms with Crippen molar-refractivity contribution in [2.24, 2.45) is 11.0 Å². The van der Waals surface area contributed by atoms with Crippen molar-refractivity contribution in [3.63, 3.8) is 0 Å². The normalized spacial score (nSPS) is 25.5. The molecule has 1 amide bonds. The van der Waals surface area contributed by atoms with Crippen LogP contribution < -0.4 is 5.32 Å². The van der Waals surface area contributed by atoms with E-state index in [2.05, 4.69) is 10.4 Å². The summed E-state index contributed by atoms with van der Waals surface area (Å²) < 4.78 is 0. The molecule has 0 bridgehead atoms. The predicted molar refractivity (Wildman–Crippen MR) is 55.5 cm³/mol. The number of carbonyl (C=O) groups is 1. The van der Waals surface area contributed by atoms with Crippen LogP contribution in [0.3, 0.4) is 0 Å². The van der Waals surface area contributed by atoms with Crippen LogP contribution in [0.1, 0.15) is 13.8 Å². The molecule has 0 spiro atoms. The summed E-state index contributed by atoms with van der Waals surface area (Å²) in [6.45, 7) is 4.08. The van der Waals surface area contributed by atoms with Crippen LogP contribution in [0.15, 0.2) is 5.10 Å². The first kappa shape index (κ1) is 10.4. The average Bonchev–Trinajstić information content (AvgIpc) is 2.29. The summed E-state index contributed by atoms with van der Waals surface area (Å²) in [6.07, 6.45) is 0. The third-order valence-electron chi connectivity index (χ3n) is 1.62. The highest BCUT2D eigenvalue weighted by Gasteiger charge is 2.32. The molecule has 1 aliphatic rings. The van der Waals surface area contributed by atoms with Crippen LogP contribution in [0.2, 0.25) is 0 Å². The molecule has 0 aromatic heterocycles. The number of rotatable bonds is 2. The Labute approximate surface area is 82.7 Å². The van der Waals surface area contributed by atoms with Gasteiger partial charge < -0.3 is 10.3 Å². The summed E-state index contributed by atoms with van der Waals surface area (Å²) in [5.74, 6) is 0.417. The highest BCUT2D eigenvalue weighted by atomic mass is 32.2. The number of hydrogen-bond donors (Lipinski definition) is 1. The largest absolute Gasteiger partial charge is 0.303 e. The van der Waals surface area contributed by atoms with Gasteiger partial charge in [-0.2, -0.15) is 5.10 Å². The summed E-state index contributed by atoms with van der Waals surface area (Å²) in [5.41, 5.74) is 0. The molecule has 1 atom stereocenters. The quantitative estimate of drug-likeness (QED) is 0.669. The topological polar surface area (TPSA) is 44.7 Å².